The lowest BCUT2D eigenvalue weighted by Crippen LogP contribution is -2.47. The number of carbonyl (C=O) groups is 1. The average Bonchev–Trinajstić information content (AvgIpc) is 3.32. The highest BCUT2D eigenvalue weighted by Gasteiger charge is 2.27. The van der Waals surface area contributed by atoms with E-state index in [-0.39, 0.29) is 5.56 Å². The first-order valence-corrected chi connectivity index (χ1v) is 11.3. The molecule has 5 heterocycles. The lowest BCUT2D eigenvalue weighted by Gasteiger charge is -2.34. The van der Waals surface area contributed by atoms with Gasteiger partial charge in [0, 0.05) is 32.7 Å². The second-order valence-corrected chi connectivity index (χ2v) is 8.68. The maximum atomic E-state index is 11.4. The van der Waals surface area contributed by atoms with Gasteiger partial charge in [0.15, 0.2) is 17.2 Å². The predicted octanol–water partition coefficient (Wildman–Crippen LogP) is 1.55. The van der Waals surface area contributed by atoms with E-state index < -0.39 is 5.91 Å². The Morgan fingerprint density at radius 1 is 1.09 bits per heavy atom. The first-order valence-electron chi connectivity index (χ1n) is 11.3. The fraction of sp³-hybridized carbons (Fsp3) is 0.364. The van der Waals surface area contributed by atoms with Gasteiger partial charge in [-0.1, -0.05) is 0 Å². The Balaban J connectivity index is 1.16. The zero-order chi connectivity index (χ0) is 23.1. The first kappa shape index (κ1) is 20.5. The molecule has 0 radical (unpaired) electrons. The van der Waals surface area contributed by atoms with Gasteiger partial charge in [0.2, 0.25) is 5.95 Å². The molecule has 34 heavy (non-hydrogen) atoms. The lowest BCUT2D eigenvalue weighted by molar-refractivity contribution is 0.0999. The third-order valence-corrected chi connectivity index (χ3v) is 6.21. The first-order chi connectivity index (χ1) is 16.6. The third kappa shape index (κ3) is 4.03. The van der Waals surface area contributed by atoms with Crippen LogP contribution in [0.5, 0.6) is 0 Å². The number of primary amides is 1. The summed E-state index contributed by atoms with van der Waals surface area (Å²) in [5.74, 6) is 1.98. The number of rotatable bonds is 7. The van der Waals surface area contributed by atoms with Gasteiger partial charge < -0.3 is 20.4 Å². The molecular formula is C22H24N10O2. The molecule has 2 aliphatic rings. The van der Waals surface area contributed by atoms with Crippen molar-refractivity contribution in [2.75, 3.05) is 42.9 Å². The van der Waals surface area contributed by atoms with Crippen LogP contribution in [-0.4, -0.2) is 73.1 Å². The Kier molecular flexibility index (Phi) is 5.06. The minimum Gasteiger partial charge on any atom is -0.462 e. The zero-order valence-corrected chi connectivity index (χ0v) is 18.5. The van der Waals surface area contributed by atoms with Gasteiger partial charge in [0.1, 0.15) is 18.3 Å². The smallest absolute Gasteiger partial charge is 0.251 e. The van der Waals surface area contributed by atoms with Crippen LogP contribution in [0, 0.1) is 5.92 Å². The number of fused-ring (bicyclic) bond motifs is 1. The molecule has 6 rings (SSSR count). The highest BCUT2D eigenvalue weighted by atomic mass is 16.3. The number of amides is 1. The molecule has 0 unspecified atom stereocenters. The molecule has 12 heteroatoms. The number of nitrogens with two attached hydrogens (primary N) is 1. The van der Waals surface area contributed by atoms with Crippen molar-refractivity contribution in [2.45, 2.75) is 12.8 Å². The molecule has 3 N–H and O–H groups in total. The Labute approximate surface area is 194 Å². The molecule has 2 fully saturated rings. The van der Waals surface area contributed by atoms with Gasteiger partial charge in [-0.25, -0.2) is 24.5 Å². The molecule has 4 aromatic heterocycles. The quantitative estimate of drug-likeness (QED) is 0.417. The molecule has 0 aromatic carbocycles. The van der Waals surface area contributed by atoms with E-state index in [1.54, 1.807) is 29.2 Å². The molecule has 0 spiro atoms. The lowest BCUT2D eigenvalue weighted by atomic mass is 10.2. The van der Waals surface area contributed by atoms with Gasteiger partial charge in [-0.3, -0.25) is 9.69 Å². The molecule has 4 aromatic rings. The Morgan fingerprint density at radius 2 is 1.88 bits per heavy atom. The molecule has 0 bridgehead atoms. The molecule has 1 saturated carbocycles. The van der Waals surface area contributed by atoms with Crippen molar-refractivity contribution < 1.29 is 9.21 Å². The van der Waals surface area contributed by atoms with E-state index in [0.29, 0.717) is 28.6 Å². The Morgan fingerprint density at radius 3 is 2.59 bits per heavy atom. The Bertz CT molecular complexity index is 1320. The summed E-state index contributed by atoms with van der Waals surface area (Å²) in [5.41, 5.74) is 7.31. The second kappa shape index (κ2) is 8.37. The van der Waals surface area contributed by atoms with Crippen molar-refractivity contribution >= 4 is 29.0 Å². The monoisotopic (exact) mass is 460 g/mol. The van der Waals surface area contributed by atoms with Crippen LogP contribution in [0.15, 0.2) is 41.7 Å². The van der Waals surface area contributed by atoms with Crippen molar-refractivity contribution in [3.05, 3.63) is 42.8 Å². The Hall–Kier alpha value is -4.06. The fourth-order valence-electron chi connectivity index (χ4n) is 4.16. The second-order valence-electron chi connectivity index (χ2n) is 8.68. The molecular weight excluding hydrogens is 436 g/mol. The van der Waals surface area contributed by atoms with E-state index in [1.807, 2.05) is 0 Å². The van der Waals surface area contributed by atoms with Crippen LogP contribution in [0.3, 0.4) is 0 Å². The van der Waals surface area contributed by atoms with Crippen molar-refractivity contribution in [1.29, 1.82) is 0 Å². The fourth-order valence-corrected chi connectivity index (χ4v) is 4.16. The van der Waals surface area contributed by atoms with E-state index in [1.165, 1.54) is 32.0 Å². The highest BCUT2D eigenvalue weighted by molar-refractivity contribution is 5.93. The maximum Gasteiger partial charge on any atom is 0.251 e. The molecule has 1 saturated heterocycles. The summed E-state index contributed by atoms with van der Waals surface area (Å²) in [6, 6.07) is 1.55. The van der Waals surface area contributed by atoms with Gasteiger partial charge in [0.05, 0.1) is 29.8 Å². The largest absolute Gasteiger partial charge is 0.462 e. The number of anilines is 3. The summed E-state index contributed by atoms with van der Waals surface area (Å²) < 4.78 is 7.05. The summed E-state index contributed by atoms with van der Waals surface area (Å²) in [4.78, 5) is 34.0. The minimum atomic E-state index is -0.570. The highest BCUT2D eigenvalue weighted by Crippen LogP contribution is 2.30. The van der Waals surface area contributed by atoms with Crippen LogP contribution < -0.4 is 16.0 Å². The molecule has 1 amide bonds. The number of nitrogens with one attached hydrogen (secondary N) is 1. The van der Waals surface area contributed by atoms with E-state index >= 15 is 0 Å². The summed E-state index contributed by atoms with van der Waals surface area (Å²) in [7, 11) is 0. The number of nitrogens with zero attached hydrogens (tertiary/aromatic N) is 8. The number of piperazine rings is 1. The van der Waals surface area contributed by atoms with E-state index in [4.69, 9.17) is 10.2 Å². The van der Waals surface area contributed by atoms with Crippen LogP contribution in [0.2, 0.25) is 0 Å². The van der Waals surface area contributed by atoms with Crippen LogP contribution >= 0.6 is 0 Å². The van der Waals surface area contributed by atoms with Crippen LogP contribution in [-0.2, 0) is 0 Å². The molecule has 174 valence electrons. The van der Waals surface area contributed by atoms with Crippen LogP contribution in [0.1, 0.15) is 23.2 Å². The standard InChI is InChI=1S/C22H24N10O2/c23-19(33)15-7-18(34-12-15)17-10-24-20(21-27-13-28-32(17)21)29-16-8-25-22(26-9-16)31-5-3-30(4-6-31)11-14-1-2-14/h7-10,12-14H,1-6,11H2,(H2,23,33)(H,24,29). The molecule has 1 aliphatic heterocycles. The van der Waals surface area contributed by atoms with Crippen LogP contribution in [0.25, 0.3) is 17.1 Å². The zero-order valence-electron chi connectivity index (χ0n) is 18.5. The van der Waals surface area contributed by atoms with Crippen LogP contribution in [0.4, 0.5) is 17.5 Å². The SMILES string of the molecule is NC(=O)c1coc(-c2cnc(Nc3cnc(N4CCN(CC5CC5)CC4)nc3)c3ncnn23)c1. The summed E-state index contributed by atoms with van der Waals surface area (Å²) >= 11 is 0. The molecule has 12 nitrogen and oxygen atoms in total. The van der Waals surface area contributed by atoms with Gasteiger partial charge in [0.25, 0.3) is 5.91 Å². The normalized spacial score (nSPS) is 16.8. The summed E-state index contributed by atoms with van der Waals surface area (Å²) in [5, 5.41) is 7.47. The number of hydrogen-bond donors (Lipinski definition) is 2. The van der Waals surface area contributed by atoms with Gasteiger partial charge in [-0.15, -0.1) is 0 Å². The van der Waals surface area contributed by atoms with Gasteiger partial charge >= 0.3 is 0 Å². The molecule has 0 atom stereocenters. The summed E-state index contributed by atoms with van der Waals surface area (Å²) in [6.45, 7) is 5.21. The minimum absolute atomic E-state index is 0.270. The molecule has 1 aliphatic carbocycles. The van der Waals surface area contributed by atoms with Crippen molar-refractivity contribution in [2.24, 2.45) is 11.7 Å². The summed E-state index contributed by atoms with van der Waals surface area (Å²) in [6.07, 6.45) is 10.6. The van der Waals surface area contributed by atoms with E-state index in [0.717, 1.165) is 38.0 Å². The number of carbonyl (C=O) groups excluding carboxylic acids is 1. The number of aromatic nitrogens is 6. The van der Waals surface area contributed by atoms with Crippen molar-refractivity contribution in [3.63, 3.8) is 0 Å². The topological polar surface area (TPSA) is 144 Å². The maximum absolute atomic E-state index is 11.4. The predicted molar refractivity (Wildman–Crippen MR) is 124 cm³/mol. The van der Waals surface area contributed by atoms with Crippen molar-refractivity contribution in [3.8, 4) is 11.5 Å². The van der Waals surface area contributed by atoms with E-state index in [9.17, 15) is 4.79 Å². The van der Waals surface area contributed by atoms with Gasteiger partial charge in [-0.05, 0) is 24.8 Å². The number of hydrogen-bond acceptors (Lipinski definition) is 10. The third-order valence-electron chi connectivity index (χ3n) is 6.21. The average molecular weight is 461 g/mol. The van der Waals surface area contributed by atoms with Gasteiger partial charge in [-0.2, -0.15) is 5.10 Å². The van der Waals surface area contributed by atoms with Crippen molar-refractivity contribution in [1.82, 2.24) is 34.4 Å². The van der Waals surface area contributed by atoms with E-state index in [2.05, 4.69) is 40.2 Å². The number of furan rings is 1.